The van der Waals surface area contributed by atoms with Gasteiger partial charge in [0, 0.05) is 23.6 Å². The first-order chi connectivity index (χ1) is 14.1. The summed E-state index contributed by atoms with van der Waals surface area (Å²) in [5.41, 5.74) is 2.95. The Balaban J connectivity index is 1.51. The number of para-hydroxylation sites is 1. The SMILES string of the molecule is CC(C)c1ccccc1Nc1nccc(C(=O)Nc2ccc3c(c2)OCCO3)n1. The summed E-state index contributed by atoms with van der Waals surface area (Å²) in [6.45, 7) is 5.26. The molecule has 1 amide bonds. The van der Waals surface area contributed by atoms with Gasteiger partial charge in [-0.3, -0.25) is 4.79 Å². The van der Waals surface area contributed by atoms with E-state index in [1.54, 1.807) is 30.5 Å². The van der Waals surface area contributed by atoms with Crippen molar-refractivity contribution in [1.82, 2.24) is 9.97 Å². The number of nitrogens with one attached hydrogen (secondary N) is 2. The van der Waals surface area contributed by atoms with Gasteiger partial charge in [0.1, 0.15) is 18.9 Å². The fraction of sp³-hybridized carbons (Fsp3) is 0.227. The van der Waals surface area contributed by atoms with Gasteiger partial charge < -0.3 is 20.1 Å². The molecule has 7 heteroatoms. The van der Waals surface area contributed by atoms with Crippen LogP contribution in [-0.4, -0.2) is 29.1 Å². The predicted molar refractivity (Wildman–Crippen MR) is 111 cm³/mol. The van der Waals surface area contributed by atoms with Crippen LogP contribution >= 0.6 is 0 Å². The third kappa shape index (κ3) is 4.29. The Morgan fingerprint density at radius 3 is 2.66 bits per heavy atom. The molecule has 0 aliphatic carbocycles. The average molecular weight is 390 g/mol. The first-order valence-electron chi connectivity index (χ1n) is 9.50. The molecule has 148 valence electrons. The van der Waals surface area contributed by atoms with Crippen molar-refractivity contribution >= 4 is 23.2 Å². The molecule has 2 N–H and O–H groups in total. The maximum atomic E-state index is 12.7. The second kappa shape index (κ2) is 8.18. The first-order valence-corrected chi connectivity index (χ1v) is 9.50. The van der Waals surface area contributed by atoms with Crippen LogP contribution in [0.4, 0.5) is 17.3 Å². The van der Waals surface area contributed by atoms with Crippen molar-refractivity contribution in [2.45, 2.75) is 19.8 Å². The van der Waals surface area contributed by atoms with Gasteiger partial charge in [-0.2, -0.15) is 0 Å². The summed E-state index contributed by atoms with van der Waals surface area (Å²) < 4.78 is 11.1. The topological polar surface area (TPSA) is 85.4 Å². The lowest BCUT2D eigenvalue weighted by atomic mass is 10.0. The summed E-state index contributed by atoms with van der Waals surface area (Å²) in [5.74, 6) is 1.67. The molecular weight excluding hydrogens is 368 g/mol. The third-order valence-electron chi connectivity index (χ3n) is 4.52. The fourth-order valence-corrected chi connectivity index (χ4v) is 3.10. The number of anilines is 3. The fourth-order valence-electron chi connectivity index (χ4n) is 3.10. The number of nitrogens with zero attached hydrogens (tertiary/aromatic N) is 2. The largest absolute Gasteiger partial charge is 0.486 e. The van der Waals surface area contributed by atoms with Gasteiger partial charge in [0.2, 0.25) is 5.95 Å². The molecule has 0 unspecified atom stereocenters. The number of hydrogen-bond donors (Lipinski definition) is 2. The Bertz CT molecular complexity index is 1040. The molecule has 1 aromatic heterocycles. The number of fused-ring (bicyclic) bond motifs is 1. The molecule has 1 aliphatic heterocycles. The molecular formula is C22H22N4O3. The van der Waals surface area contributed by atoms with Crippen LogP contribution in [0.25, 0.3) is 0 Å². The number of rotatable bonds is 5. The maximum Gasteiger partial charge on any atom is 0.274 e. The van der Waals surface area contributed by atoms with E-state index < -0.39 is 0 Å². The van der Waals surface area contributed by atoms with E-state index in [4.69, 9.17) is 9.47 Å². The molecule has 2 aromatic carbocycles. The van der Waals surface area contributed by atoms with E-state index >= 15 is 0 Å². The molecule has 7 nitrogen and oxygen atoms in total. The number of ether oxygens (including phenoxy) is 2. The van der Waals surface area contributed by atoms with Crippen LogP contribution in [0.1, 0.15) is 35.8 Å². The maximum absolute atomic E-state index is 12.7. The average Bonchev–Trinajstić information content (AvgIpc) is 2.74. The van der Waals surface area contributed by atoms with Gasteiger partial charge in [-0.05, 0) is 35.7 Å². The second-order valence-electron chi connectivity index (χ2n) is 6.95. The van der Waals surface area contributed by atoms with Crippen molar-refractivity contribution in [3.8, 4) is 11.5 Å². The summed E-state index contributed by atoms with van der Waals surface area (Å²) in [6.07, 6.45) is 1.56. The summed E-state index contributed by atoms with van der Waals surface area (Å²) in [4.78, 5) is 21.3. The number of aromatic nitrogens is 2. The minimum atomic E-state index is -0.329. The standard InChI is InChI=1S/C22H22N4O3/c1-14(2)16-5-3-4-6-17(16)25-22-23-10-9-18(26-22)21(27)24-15-7-8-19-20(13-15)29-12-11-28-19/h3-10,13-14H,11-12H2,1-2H3,(H,24,27)(H,23,25,26). The highest BCUT2D eigenvalue weighted by molar-refractivity contribution is 6.03. The lowest BCUT2D eigenvalue weighted by Crippen LogP contribution is -2.17. The highest BCUT2D eigenvalue weighted by Gasteiger charge is 2.15. The van der Waals surface area contributed by atoms with Gasteiger partial charge in [-0.15, -0.1) is 0 Å². The summed E-state index contributed by atoms with van der Waals surface area (Å²) >= 11 is 0. The summed E-state index contributed by atoms with van der Waals surface area (Å²) in [7, 11) is 0. The smallest absolute Gasteiger partial charge is 0.274 e. The molecule has 2 heterocycles. The number of carbonyl (C=O) groups is 1. The summed E-state index contributed by atoms with van der Waals surface area (Å²) in [5, 5.41) is 6.05. The number of benzene rings is 2. The number of amides is 1. The van der Waals surface area contributed by atoms with Crippen molar-refractivity contribution in [2.24, 2.45) is 0 Å². The quantitative estimate of drug-likeness (QED) is 0.673. The van der Waals surface area contributed by atoms with Crippen LogP contribution in [0.5, 0.6) is 11.5 Å². The molecule has 29 heavy (non-hydrogen) atoms. The van der Waals surface area contributed by atoms with E-state index in [9.17, 15) is 4.79 Å². The minimum absolute atomic E-state index is 0.263. The number of carbonyl (C=O) groups excluding carboxylic acids is 1. The molecule has 0 saturated heterocycles. The molecule has 3 aromatic rings. The highest BCUT2D eigenvalue weighted by Crippen LogP contribution is 2.32. The first kappa shape index (κ1) is 18.7. The van der Waals surface area contributed by atoms with Crippen molar-refractivity contribution in [3.05, 3.63) is 66.0 Å². The van der Waals surface area contributed by atoms with Crippen LogP contribution in [0, 0.1) is 0 Å². The van der Waals surface area contributed by atoms with Gasteiger partial charge in [0.05, 0.1) is 0 Å². The third-order valence-corrected chi connectivity index (χ3v) is 4.52. The molecule has 0 atom stereocenters. The van der Waals surface area contributed by atoms with E-state index in [0.29, 0.717) is 42.3 Å². The van der Waals surface area contributed by atoms with E-state index in [0.717, 1.165) is 11.3 Å². The molecule has 0 bridgehead atoms. The Morgan fingerprint density at radius 1 is 1.03 bits per heavy atom. The Hall–Kier alpha value is -3.61. The molecule has 4 rings (SSSR count). The van der Waals surface area contributed by atoms with Crippen molar-refractivity contribution in [2.75, 3.05) is 23.8 Å². The van der Waals surface area contributed by atoms with E-state index in [1.165, 1.54) is 0 Å². The highest BCUT2D eigenvalue weighted by atomic mass is 16.6. The van der Waals surface area contributed by atoms with Gasteiger partial charge in [0.15, 0.2) is 11.5 Å². The van der Waals surface area contributed by atoms with E-state index in [-0.39, 0.29) is 11.6 Å². The van der Waals surface area contributed by atoms with Crippen molar-refractivity contribution in [1.29, 1.82) is 0 Å². The Morgan fingerprint density at radius 2 is 1.83 bits per heavy atom. The minimum Gasteiger partial charge on any atom is -0.486 e. The molecule has 0 spiro atoms. The van der Waals surface area contributed by atoms with Crippen LogP contribution in [0.2, 0.25) is 0 Å². The zero-order valence-corrected chi connectivity index (χ0v) is 16.3. The molecule has 0 saturated carbocycles. The molecule has 0 fully saturated rings. The zero-order valence-electron chi connectivity index (χ0n) is 16.3. The van der Waals surface area contributed by atoms with Gasteiger partial charge >= 0.3 is 0 Å². The molecule has 1 aliphatic rings. The van der Waals surface area contributed by atoms with E-state index in [2.05, 4.69) is 40.5 Å². The number of hydrogen-bond acceptors (Lipinski definition) is 6. The monoisotopic (exact) mass is 390 g/mol. The Kier molecular flexibility index (Phi) is 5.29. The van der Waals surface area contributed by atoms with E-state index in [1.807, 2.05) is 18.2 Å². The van der Waals surface area contributed by atoms with Gasteiger partial charge in [0.25, 0.3) is 5.91 Å². The van der Waals surface area contributed by atoms with Gasteiger partial charge in [-0.1, -0.05) is 32.0 Å². The summed E-state index contributed by atoms with van der Waals surface area (Å²) in [6, 6.07) is 14.8. The van der Waals surface area contributed by atoms with Crippen LogP contribution in [-0.2, 0) is 0 Å². The lowest BCUT2D eigenvalue weighted by molar-refractivity contribution is 0.102. The van der Waals surface area contributed by atoms with Crippen molar-refractivity contribution in [3.63, 3.8) is 0 Å². The predicted octanol–water partition coefficient (Wildman–Crippen LogP) is 4.37. The molecule has 0 radical (unpaired) electrons. The van der Waals surface area contributed by atoms with Gasteiger partial charge in [-0.25, -0.2) is 9.97 Å². The lowest BCUT2D eigenvalue weighted by Gasteiger charge is -2.19. The Labute approximate surface area is 169 Å². The normalized spacial score (nSPS) is 12.5. The van der Waals surface area contributed by atoms with Crippen LogP contribution in [0.3, 0.4) is 0 Å². The van der Waals surface area contributed by atoms with Crippen LogP contribution in [0.15, 0.2) is 54.7 Å². The van der Waals surface area contributed by atoms with Crippen LogP contribution < -0.4 is 20.1 Å². The zero-order chi connectivity index (χ0) is 20.2. The second-order valence-corrected chi connectivity index (χ2v) is 6.95. The van der Waals surface area contributed by atoms with Crippen molar-refractivity contribution < 1.29 is 14.3 Å².